The van der Waals surface area contributed by atoms with E-state index in [0.29, 0.717) is 12.0 Å². The molecule has 7 nitrogen and oxygen atoms in total. The fraction of sp³-hybridized carbons (Fsp3) is 0.500. The smallest absolute Gasteiger partial charge is 0.408 e. The number of nitrogens with one attached hydrogen (secondary N) is 2. The maximum Gasteiger partial charge on any atom is 0.408 e. The minimum Gasteiger partial charge on any atom is -0.444 e. The van der Waals surface area contributed by atoms with Crippen molar-refractivity contribution in [3.05, 3.63) is 64.2 Å². The Morgan fingerprint density at radius 1 is 0.946 bits per heavy atom. The van der Waals surface area contributed by atoms with Crippen LogP contribution in [-0.4, -0.2) is 41.5 Å². The van der Waals surface area contributed by atoms with Crippen molar-refractivity contribution in [2.45, 2.75) is 86.4 Å². The van der Waals surface area contributed by atoms with Gasteiger partial charge in [0.25, 0.3) is 5.91 Å². The van der Waals surface area contributed by atoms with Crippen LogP contribution in [0.25, 0.3) is 0 Å². The third kappa shape index (κ3) is 8.62. The molecule has 0 saturated heterocycles. The molecule has 2 unspecified atom stereocenters. The molecule has 0 aliphatic rings. The number of hydrogen-bond donors (Lipinski definition) is 2. The quantitative estimate of drug-likeness (QED) is 0.457. The van der Waals surface area contributed by atoms with Crippen molar-refractivity contribution >= 4 is 23.6 Å². The van der Waals surface area contributed by atoms with Crippen LogP contribution < -0.4 is 10.6 Å². The first-order valence-electron chi connectivity index (χ1n) is 12.8. The Balaban J connectivity index is 2.48. The third-order valence-corrected chi connectivity index (χ3v) is 5.97. The van der Waals surface area contributed by atoms with Gasteiger partial charge >= 0.3 is 6.09 Å². The molecule has 2 N–H and O–H groups in total. The Morgan fingerprint density at radius 3 is 1.97 bits per heavy atom. The molecule has 2 aromatic rings. The lowest BCUT2D eigenvalue weighted by atomic mass is 9.97. The number of carbonyl (C=O) groups excluding carboxylic acids is 3. The molecule has 37 heavy (non-hydrogen) atoms. The van der Waals surface area contributed by atoms with Gasteiger partial charge in [0.1, 0.15) is 17.7 Å². The molecule has 0 spiro atoms. The lowest BCUT2D eigenvalue weighted by Crippen LogP contribution is -2.51. The van der Waals surface area contributed by atoms with Crippen LogP contribution in [0, 0.1) is 33.6 Å². The molecule has 0 bridgehead atoms. The summed E-state index contributed by atoms with van der Waals surface area (Å²) in [6.07, 6.45) is -0.261. The Morgan fingerprint density at radius 2 is 1.49 bits per heavy atom. The van der Waals surface area contributed by atoms with Crippen LogP contribution in [0.15, 0.2) is 36.4 Å². The Kier molecular flexibility index (Phi) is 9.90. The number of nitrogens with zero attached hydrogens (tertiary/aromatic N) is 1. The van der Waals surface area contributed by atoms with Crippen molar-refractivity contribution in [2.24, 2.45) is 5.92 Å². The summed E-state index contributed by atoms with van der Waals surface area (Å²) in [5, 5.41) is 5.80. The van der Waals surface area contributed by atoms with Crippen LogP contribution in [0.3, 0.4) is 0 Å². The molecule has 0 radical (unpaired) electrons. The maximum atomic E-state index is 13.8. The number of anilines is 1. The minimum absolute atomic E-state index is 0.125. The fourth-order valence-electron chi connectivity index (χ4n) is 4.44. The number of aryl methyl sites for hydroxylation is 4. The third-order valence-electron chi connectivity index (χ3n) is 5.97. The van der Waals surface area contributed by atoms with Gasteiger partial charge < -0.3 is 20.3 Å². The summed E-state index contributed by atoms with van der Waals surface area (Å²) in [6.45, 7) is 17.1. The van der Waals surface area contributed by atoms with Crippen molar-refractivity contribution in [3.8, 4) is 0 Å². The van der Waals surface area contributed by atoms with Crippen LogP contribution in [0.1, 0.15) is 74.9 Å². The number of ether oxygens (including phenoxy) is 1. The number of hydrogen-bond acceptors (Lipinski definition) is 4. The average molecular weight is 510 g/mol. The molecule has 7 heteroatoms. The summed E-state index contributed by atoms with van der Waals surface area (Å²) < 4.78 is 5.41. The van der Waals surface area contributed by atoms with Gasteiger partial charge in [-0.2, -0.15) is 0 Å². The first kappa shape index (κ1) is 29.9. The van der Waals surface area contributed by atoms with E-state index in [1.165, 1.54) is 4.90 Å². The second kappa shape index (κ2) is 12.3. The molecule has 0 aliphatic carbocycles. The molecular formula is C30H43N3O4. The summed E-state index contributed by atoms with van der Waals surface area (Å²) in [6, 6.07) is 9.93. The van der Waals surface area contributed by atoms with Gasteiger partial charge in [0.15, 0.2) is 0 Å². The summed E-state index contributed by atoms with van der Waals surface area (Å²) in [7, 11) is 1.61. The van der Waals surface area contributed by atoms with Gasteiger partial charge in [-0.3, -0.25) is 9.59 Å². The van der Waals surface area contributed by atoms with Crippen LogP contribution in [0.4, 0.5) is 10.5 Å². The number of alkyl carbamates (subject to hydrolysis) is 1. The molecule has 0 aromatic heterocycles. The zero-order chi connectivity index (χ0) is 28.1. The van der Waals surface area contributed by atoms with E-state index in [0.717, 1.165) is 27.9 Å². The predicted molar refractivity (Wildman–Crippen MR) is 149 cm³/mol. The predicted octanol–water partition coefficient (Wildman–Crippen LogP) is 6.00. The summed E-state index contributed by atoms with van der Waals surface area (Å²) in [5.41, 5.74) is 4.59. The maximum absolute atomic E-state index is 13.8. The lowest BCUT2D eigenvalue weighted by Gasteiger charge is -2.32. The van der Waals surface area contributed by atoms with Gasteiger partial charge in [0.2, 0.25) is 5.91 Å². The first-order valence-corrected chi connectivity index (χ1v) is 12.8. The van der Waals surface area contributed by atoms with Crippen LogP contribution in [0.5, 0.6) is 0 Å². The monoisotopic (exact) mass is 509 g/mol. The number of likely N-dealkylation sites (N-methyl/N-ethyl adjacent to an activating group) is 1. The van der Waals surface area contributed by atoms with Crippen molar-refractivity contribution in [3.63, 3.8) is 0 Å². The van der Waals surface area contributed by atoms with Gasteiger partial charge in [-0.1, -0.05) is 61.4 Å². The van der Waals surface area contributed by atoms with E-state index >= 15 is 0 Å². The standard InChI is InChI=1S/C30H43N3O4/c1-18(2)14-24(31-29(36)37-30(7,8)9)28(35)33(10)26(23-16-19(3)15-20(4)17-23)27(34)32-25-21(5)12-11-13-22(25)6/h11-13,15-18,24,26H,14H2,1-10H3,(H,31,36)(H,32,34). The molecule has 2 rings (SSSR count). The van der Waals surface area contributed by atoms with Crippen molar-refractivity contribution < 1.29 is 19.1 Å². The van der Waals surface area contributed by atoms with E-state index in [1.54, 1.807) is 27.8 Å². The highest BCUT2D eigenvalue weighted by atomic mass is 16.6. The van der Waals surface area contributed by atoms with Gasteiger partial charge in [-0.25, -0.2) is 4.79 Å². The first-order chi connectivity index (χ1) is 17.1. The van der Waals surface area contributed by atoms with Gasteiger partial charge in [-0.05, 0) is 77.5 Å². The second-order valence-corrected chi connectivity index (χ2v) is 11.4. The zero-order valence-electron chi connectivity index (χ0n) is 24.0. The van der Waals surface area contributed by atoms with Crippen molar-refractivity contribution in [2.75, 3.05) is 12.4 Å². The Labute approximate surface area is 222 Å². The molecule has 0 saturated carbocycles. The summed E-state index contributed by atoms with van der Waals surface area (Å²) >= 11 is 0. The van der Waals surface area contributed by atoms with E-state index in [9.17, 15) is 14.4 Å². The molecule has 0 fully saturated rings. The Bertz CT molecular complexity index is 1090. The minimum atomic E-state index is -0.903. The van der Waals surface area contributed by atoms with E-state index in [2.05, 4.69) is 10.6 Å². The number of rotatable bonds is 8. The van der Waals surface area contributed by atoms with Crippen LogP contribution in [-0.2, 0) is 14.3 Å². The number of amides is 3. The molecular weight excluding hydrogens is 466 g/mol. The molecule has 2 aromatic carbocycles. The second-order valence-electron chi connectivity index (χ2n) is 11.4. The largest absolute Gasteiger partial charge is 0.444 e. The number of benzene rings is 2. The van der Waals surface area contributed by atoms with E-state index < -0.39 is 23.8 Å². The molecule has 2 atom stereocenters. The number of para-hydroxylation sites is 1. The highest BCUT2D eigenvalue weighted by Crippen LogP contribution is 2.28. The van der Waals surface area contributed by atoms with E-state index in [1.807, 2.05) is 77.9 Å². The van der Waals surface area contributed by atoms with Crippen LogP contribution >= 0.6 is 0 Å². The Hall–Kier alpha value is -3.35. The average Bonchev–Trinajstić information content (AvgIpc) is 2.73. The highest BCUT2D eigenvalue weighted by Gasteiger charge is 2.35. The van der Waals surface area contributed by atoms with Crippen molar-refractivity contribution in [1.82, 2.24) is 10.2 Å². The molecule has 202 valence electrons. The SMILES string of the molecule is Cc1cc(C)cc(C(C(=O)Nc2c(C)cccc2C)N(C)C(=O)C(CC(C)C)NC(=O)OC(C)(C)C)c1. The highest BCUT2D eigenvalue weighted by molar-refractivity contribution is 5.99. The van der Waals surface area contributed by atoms with E-state index in [-0.39, 0.29) is 17.7 Å². The van der Waals surface area contributed by atoms with Crippen LogP contribution in [0.2, 0.25) is 0 Å². The van der Waals surface area contributed by atoms with Crippen molar-refractivity contribution in [1.29, 1.82) is 0 Å². The molecule has 3 amide bonds. The molecule has 0 aliphatic heterocycles. The summed E-state index contributed by atoms with van der Waals surface area (Å²) in [4.78, 5) is 41.7. The summed E-state index contributed by atoms with van der Waals surface area (Å²) in [5.74, 6) is -0.556. The van der Waals surface area contributed by atoms with Gasteiger partial charge in [-0.15, -0.1) is 0 Å². The van der Waals surface area contributed by atoms with E-state index in [4.69, 9.17) is 4.74 Å². The zero-order valence-corrected chi connectivity index (χ0v) is 24.0. The fourth-order valence-corrected chi connectivity index (χ4v) is 4.44. The lowest BCUT2D eigenvalue weighted by molar-refractivity contribution is -0.139. The van der Waals surface area contributed by atoms with Gasteiger partial charge in [0.05, 0.1) is 0 Å². The number of carbonyl (C=O) groups is 3. The van der Waals surface area contributed by atoms with Gasteiger partial charge in [0, 0.05) is 12.7 Å². The topological polar surface area (TPSA) is 87.7 Å². The molecule has 0 heterocycles. The normalized spacial score (nSPS) is 13.1.